The van der Waals surface area contributed by atoms with Crippen LogP contribution in [-0.4, -0.2) is 0 Å². The van der Waals surface area contributed by atoms with Crippen molar-refractivity contribution in [3.63, 3.8) is 0 Å². The molecule has 0 spiro atoms. The second-order valence-corrected chi connectivity index (χ2v) is 23.0. The van der Waals surface area contributed by atoms with E-state index in [1.54, 1.807) is 0 Å². The molecule has 1 aliphatic rings. The average molecular weight is 605 g/mol. The summed E-state index contributed by atoms with van der Waals surface area (Å²) in [6.07, 6.45) is 0. The third-order valence-electron chi connectivity index (χ3n) is 3.55. The van der Waals surface area contributed by atoms with E-state index in [-0.39, 0.29) is 0 Å². The lowest BCUT2D eigenvalue weighted by molar-refractivity contribution is 1.47. The zero-order valence-corrected chi connectivity index (χ0v) is 23.6. The van der Waals surface area contributed by atoms with Crippen molar-refractivity contribution in [3.05, 3.63) is 59.7 Å². The molecule has 30 heavy (non-hydrogen) atoms. The highest BCUT2D eigenvalue weighted by atomic mass is 35.9. The minimum Gasteiger partial charge on any atom is -0.323 e. The fourth-order valence-electron chi connectivity index (χ4n) is 2.32. The Balaban J connectivity index is 2.08. The molecule has 2 aromatic rings. The molecule has 16 heteroatoms. The Morgan fingerprint density at radius 2 is 0.833 bits per heavy atom. The predicted molar refractivity (Wildman–Crippen MR) is 142 cm³/mol. The lowest BCUT2D eigenvalue weighted by Gasteiger charge is -2.24. The Labute approximate surface area is 204 Å². The van der Waals surface area contributed by atoms with E-state index in [1.165, 1.54) is 0 Å². The Kier molecular flexibility index (Phi) is 8.03. The van der Waals surface area contributed by atoms with Gasteiger partial charge in [-0.05, 0) is 106 Å². The number of nitrogens with zero attached hydrogens (tertiary/aromatic N) is 4. The van der Waals surface area contributed by atoms with E-state index in [0.29, 0.717) is 11.4 Å². The van der Waals surface area contributed by atoms with Crippen LogP contribution in [0.2, 0.25) is 0 Å². The Hall–Kier alpha value is 0.700. The van der Waals surface area contributed by atoms with Crippen LogP contribution in [-0.2, 0) is 0 Å². The zero-order valence-electron chi connectivity index (χ0n) is 15.5. The molecular weight excluding hydrogens is 589 g/mol. The van der Waals surface area contributed by atoms with Gasteiger partial charge in [0, 0.05) is 11.4 Å². The summed E-state index contributed by atoms with van der Waals surface area (Å²) in [7, 11) is 0. The molecule has 0 unspecified atom stereocenters. The topological polar surface area (TPSA) is 73.5 Å². The predicted octanol–water partition coefficient (Wildman–Crippen LogP) is 12.1. The molecule has 0 bridgehead atoms. The second kappa shape index (κ2) is 9.52. The van der Waals surface area contributed by atoms with Crippen molar-refractivity contribution in [2.75, 3.05) is 10.2 Å². The Morgan fingerprint density at radius 1 is 0.533 bits per heavy atom. The first-order valence-corrected chi connectivity index (χ1v) is 20.4. The van der Waals surface area contributed by atoms with Crippen molar-refractivity contribution in [3.8, 4) is 0 Å². The molecule has 3 rings (SSSR count). The van der Waals surface area contributed by atoms with Gasteiger partial charge in [-0.1, -0.05) is 35.4 Å². The molecule has 0 saturated carbocycles. The maximum atomic E-state index is 6.68. The zero-order chi connectivity index (χ0) is 22.2. The van der Waals surface area contributed by atoms with Crippen LogP contribution in [0.3, 0.4) is 0 Å². The van der Waals surface area contributed by atoms with Crippen LogP contribution in [0.5, 0.6) is 0 Å². The van der Waals surface area contributed by atoms with Gasteiger partial charge in [0.15, 0.2) is 0 Å². The molecule has 0 aromatic heterocycles. The van der Waals surface area contributed by atoms with Crippen LogP contribution in [0.15, 0.2) is 66.6 Å². The van der Waals surface area contributed by atoms with Crippen molar-refractivity contribution in [1.29, 1.82) is 0 Å². The molecule has 2 aromatic carbocycles. The van der Waals surface area contributed by atoms with Crippen LogP contribution in [0.4, 0.5) is 11.4 Å². The van der Waals surface area contributed by atoms with E-state index in [1.807, 2.05) is 62.4 Å². The highest BCUT2D eigenvalue weighted by Crippen LogP contribution is 2.85. The molecule has 0 fully saturated rings. The van der Waals surface area contributed by atoms with Crippen LogP contribution in [0.25, 0.3) is 0 Å². The van der Waals surface area contributed by atoms with Gasteiger partial charge in [-0.2, -0.15) is 18.1 Å². The summed E-state index contributed by atoms with van der Waals surface area (Å²) in [6, 6.07) is 14.9. The van der Waals surface area contributed by atoms with Gasteiger partial charge in [0.1, 0.15) is 0 Å². The van der Waals surface area contributed by atoms with Crippen molar-refractivity contribution in [2.24, 2.45) is 18.1 Å². The Morgan fingerprint density at radius 3 is 1.13 bits per heavy atom. The van der Waals surface area contributed by atoms with Crippen molar-refractivity contribution in [2.45, 2.75) is 13.8 Å². The molecule has 1 aliphatic heterocycles. The van der Waals surface area contributed by atoms with Gasteiger partial charge in [-0.3, -0.25) is 0 Å². The SMILES string of the molecule is Cc1ccc(N[P@]2(Cl)=NP(Cl)(Cl)=N[P@@](Cl)(Nc3ccc(C)cc3)=NP(Cl)(Cl)=N2)cc1. The fraction of sp³-hybridized carbons (Fsp3) is 0.143. The number of halogens is 6. The summed E-state index contributed by atoms with van der Waals surface area (Å²) in [5.74, 6) is -6.77. The summed E-state index contributed by atoms with van der Waals surface area (Å²) < 4.78 is 17.4. The minimum atomic E-state index is -3.38. The van der Waals surface area contributed by atoms with E-state index in [0.717, 1.165) is 11.1 Å². The molecule has 2 atom stereocenters. The van der Waals surface area contributed by atoms with E-state index < -0.39 is 25.2 Å². The molecule has 0 saturated heterocycles. The number of rotatable bonds is 4. The summed E-state index contributed by atoms with van der Waals surface area (Å²) >= 11 is 39.2. The van der Waals surface area contributed by atoms with E-state index in [9.17, 15) is 0 Å². The molecule has 164 valence electrons. The summed E-state index contributed by atoms with van der Waals surface area (Å²) in [4.78, 5) is 0. The number of anilines is 2. The van der Waals surface area contributed by atoms with Crippen LogP contribution >= 0.6 is 92.7 Å². The monoisotopic (exact) mass is 602 g/mol. The smallest absolute Gasteiger partial charge is 0.261 e. The van der Waals surface area contributed by atoms with Crippen molar-refractivity contribution >= 4 is 104 Å². The van der Waals surface area contributed by atoms with Gasteiger partial charge < -0.3 is 10.2 Å². The molecule has 6 nitrogen and oxygen atoms in total. The lowest BCUT2D eigenvalue weighted by Crippen LogP contribution is -1.92. The first-order chi connectivity index (χ1) is 13.8. The van der Waals surface area contributed by atoms with E-state index in [2.05, 4.69) is 28.2 Å². The van der Waals surface area contributed by atoms with Crippen LogP contribution < -0.4 is 10.2 Å². The molecule has 0 amide bonds. The first-order valence-electron chi connectivity index (χ1n) is 8.20. The quantitative estimate of drug-likeness (QED) is 0.341. The maximum absolute atomic E-state index is 6.68. The largest absolute Gasteiger partial charge is 0.323 e. The number of nitrogens with one attached hydrogen (secondary N) is 2. The van der Waals surface area contributed by atoms with Crippen LogP contribution in [0, 0.1) is 13.8 Å². The van der Waals surface area contributed by atoms with Crippen molar-refractivity contribution in [1.82, 2.24) is 0 Å². The normalized spacial score (nSPS) is 27.2. The Bertz CT molecular complexity index is 1070. The summed E-state index contributed by atoms with van der Waals surface area (Å²) in [5.41, 5.74) is 3.46. The number of benzene rings is 2. The van der Waals surface area contributed by atoms with Gasteiger partial charge in [-0.25, -0.2) is 0 Å². The minimum absolute atomic E-state index is 0.656. The van der Waals surface area contributed by atoms with Crippen molar-refractivity contribution < 1.29 is 0 Å². The highest BCUT2D eigenvalue weighted by molar-refractivity contribution is 8.20. The summed E-state index contributed by atoms with van der Waals surface area (Å²) in [6.45, 7) is -2.62. The van der Waals surface area contributed by atoms with Gasteiger partial charge >= 0.3 is 0 Å². The van der Waals surface area contributed by atoms with Gasteiger partial charge in [0.2, 0.25) is 0 Å². The third-order valence-corrected chi connectivity index (χ3v) is 19.7. The fourth-order valence-corrected chi connectivity index (χ4v) is 24.1. The molecule has 2 N–H and O–H groups in total. The number of aryl methyl sites for hydroxylation is 2. The number of hydrogen-bond acceptors (Lipinski definition) is 6. The standard InChI is InChI=1S/C14H16Cl6N6P4/c1-11-3-7-13(8-4-11)21-29(19)23-27(15,16)25-30(20,26-28(17,18)24-29)22-14-9-5-12(2)6-10-14/h3-10,21-22H,1-2H3/t29-,30-. The van der Waals surface area contributed by atoms with Crippen LogP contribution in [0.1, 0.15) is 11.1 Å². The molecular formula is C14H16Cl6N6P4. The number of hydrogen-bond donors (Lipinski definition) is 2. The highest BCUT2D eigenvalue weighted by Gasteiger charge is 2.33. The second-order valence-electron chi connectivity index (χ2n) is 6.28. The van der Waals surface area contributed by atoms with Gasteiger partial charge in [0.05, 0.1) is 0 Å². The average Bonchev–Trinajstić information content (AvgIpc) is 2.55. The molecule has 0 radical (unpaired) electrons. The van der Waals surface area contributed by atoms with Gasteiger partial charge in [-0.15, -0.1) is 0 Å². The lowest BCUT2D eigenvalue weighted by atomic mass is 10.2. The third kappa shape index (κ3) is 7.36. The maximum Gasteiger partial charge on any atom is 0.261 e. The first kappa shape index (κ1) is 25.3. The summed E-state index contributed by atoms with van der Waals surface area (Å²) in [5, 5.41) is 6.07. The van der Waals surface area contributed by atoms with E-state index in [4.69, 9.17) is 67.4 Å². The molecule has 0 aliphatic carbocycles. The van der Waals surface area contributed by atoms with E-state index >= 15 is 0 Å². The molecule has 1 heterocycles. The van der Waals surface area contributed by atoms with Gasteiger partial charge in [0.25, 0.3) is 25.2 Å².